The molecule has 0 aliphatic carbocycles. The van der Waals surface area contributed by atoms with Crippen molar-refractivity contribution in [3.63, 3.8) is 0 Å². The molecule has 120 valence electrons. The van der Waals surface area contributed by atoms with E-state index in [1.165, 1.54) is 0 Å². The van der Waals surface area contributed by atoms with Gasteiger partial charge in [-0.1, -0.05) is 23.7 Å². The molecule has 7 heteroatoms. The number of halogens is 1. The number of nitrogens with one attached hydrogen (secondary N) is 1. The first-order valence-corrected chi connectivity index (χ1v) is 8.63. The van der Waals surface area contributed by atoms with Crippen molar-refractivity contribution in [2.75, 3.05) is 19.4 Å². The quantitative estimate of drug-likeness (QED) is 0.564. The van der Waals surface area contributed by atoms with E-state index in [1.54, 1.807) is 19.2 Å². The van der Waals surface area contributed by atoms with Gasteiger partial charge in [-0.05, 0) is 44.5 Å². The lowest BCUT2D eigenvalue weighted by Gasteiger charge is -2.35. The molecule has 0 aliphatic rings. The predicted molar refractivity (Wildman–Crippen MR) is 84.3 cm³/mol. The van der Waals surface area contributed by atoms with E-state index in [0.29, 0.717) is 18.0 Å². The second-order valence-electron chi connectivity index (χ2n) is 5.46. The molecule has 0 fully saturated rings. The molecule has 0 amide bonds. The van der Waals surface area contributed by atoms with Crippen molar-refractivity contribution >= 4 is 21.7 Å². The highest BCUT2D eigenvalue weighted by Gasteiger charge is 2.30. The fourth-order valence-electron chi connectivity index (χ4n) is 2.24. The normalized spacial score (nSPS) is 14.1. The van der Waals surface area contributed by atoms with Crippen LogP contribution in [0.15, 0.2) is 24.3 Å². The van der Waals surface area contributed by atoms with Crippen molar-refractivity contribution in [3.05, 3.63) is 34.9 Å². The van der Waals surface area contributed by atoms with Gasteiger partial charge in [0.05, 0.1) is 11.9 Å². The highest BCUT2D eigenvalue weighted by atomic mass is 35.5. The van der Waals surface area contributed by atoms with Gasteiger partial charge in [0, 0.05) is 17.7 Å². The Morgan fingerprint density at radius 2 is 1.90 bits per heavy atom. The minimum absolute atomic E-state index is 0.208. The van der Waals surface area contributed by atoms with Crippen molar-refractivity contribution in [3.8, 4) is 0 Å². The molecule has 1 unspecified atom stereocenters. The zero-order valence-corrected chi connectivity index (χ0v) is 14.0. The second kappa shape index (κ2) is 7.56. The predicted octanol–water partition coefficient (Wildman–Crippen LogP) is 2.67. The average Bonchev–Trinajstić information content (AvgIpc) is 2.36. The molecule has 0 aliphatic heterocycles. The van der Waals surface area contributed by atoms with E-state index in [4.69, 9.17) is 20.9 Å². The molecule has 0 spiro atoms. The maximum absolute atomic E-state index is 10.7. The third-order valence-corrected chi connectivity index (χ3v) is 4.28. The molecule has 1 aromatic carbocycles. The third kappa shape index (κ3) is 6.32. The molecule has 0 heterocycles. The molecule has 0 saturated carbocycles. The van der Waals surface area contributed by atoms with Crippen LogP contribution in [0.25, 0.3) is 0 Å². The van der Waals surface area contributed by atoms with Gasteiger partial charge in [-0.3, -0.25) is 4.55 Å². The summed E-state index contributed by atoms with van der Waals surface area (Å²) < 4.78 is 35.7. The van der Waals surface area contributed by atoms with Crippen LogP contribution in [0.1, 0.15) is 31.9 Å². The highest BCUT2D eigenvalue weighted by Crippen LogP contribution is 2.29. The van der Waals surface area contributed by atoms with Crippen LogP contribution in [0.4, 0.5) is 0 Å². The Morgan fingerprint density at radius 3 is 2.38 bits per heavy atom. The van der Waals surface area contributed by atoms with Gasteiger partial charge >= 0.3 is 0 Å². The number of methoxy groups -OCH3 is 1. The smallest absolute Gasteiger partial charge is 0.264 e. The van der Waals surface area contributed by atoms with Gasteiger partial charge in [0.25, 0.3) is 10.1 Å². The minimum Gasteiger partial charge on any atom is -0.375 e. The van der Waals surface area contributed by atoms with E-state index >= 15 is 0 Å². The first kappa shape index (κ1) is 18.4. The number of rotatable bonds is 8. The summed E-state index contributed by atoms with van der Waals surface area (Å²) in [7, 11) is -2.28. The van der Waals surface area contributed by atoms with Crippen LogP contribution < -0.4 is 5.32 Å². The second-order valence-corrected chi connectivity index (χ2v) is 7.46. The summed E-state index contributed by atoms with van der Waals surface area (Å²) in [5.74, 6) is -0.255. The van der Waals surface area contributed by atoms with Crippen LogP contribution in [0.3, 0.4) is 0 Å². The number of ether oxygens (including phenoxy) is 1. The maximum atomic E-state index is 10.7. The Kier molecular flexibility index (Phi) is 6.62. The largest absolute Gasteiger partial charge is 0.375 e. The monoisotopic (exact) mass is 335 g/mol. The van der Waals surface area contributed by atoms with E-state index in [-0.39, 0.29) is 11.9 Å². The summed E-state index contributed by atoms with van der Waals surface area (Å²) in [6.07, 6.45) is 0.125. The molecule has 1 rings (SSSR count). The molecule has 0 radical (unpaired) electrons. The van der Waals surface area contributed by atoms with Crippen molar-refractivity contribution in [2.24, 2.45) is 0 Å². The fourth-order valence-corrected chi connectivity index (χ4v) is 2.88. The maximum Gasteiger partial charge on any atom is 0.264 e. The molecule has 5 nitrogen and oxygen atoms in total. The molecule has 0 bridgehead atoms. The number of hydrogen-bond donors (Lipinski definition) is 2. The van der Waals surface area contributed by atoms with Gasteiger partial charge in [-0.2, -0.15) is 8.42 Å². The van der Waals surface area contributed by atoms with Crippen LogP contribution >= 0.6 is 11.6 Å². The van der Waals surface area contributed by atoms with E-state index in [0.717, 1.165) is 5.56 Å². The summed E-state index contributed by atoms with van der Waals surface area (Å²) in [6.45, 7) is 4.41. The Balaban J connectivity index is 2.67. The van der Waals surface area contributed by atoms with Crippen molar-refractivity contribution in [2.45, 2.75) is 31.9 Å². The Bertz CT molecular complexity index is 543. The standard InChI is InChI=1S/C14H22ClNO4S/c1-14(2,16-9-4-10-21(17,18)19)13(20-3)11-5-7-12(15)8-6-11/h5-8,13,16H,4,9-10H2,1-3H3,(H,17,18,19). The molecule has 0 saturated heterocycles. The Labute approximate surface area is 131 Å². The number of benzene rings is 1. The lowest BCUT2D eigenvalue weighted by Crippen LogP contribution is -2.46. The first-order valence-electron chi connectivity index (χ1n) is 6.64. The topological polar surface area (TPSA) is 75.6 Å². The molecule has 1 atom stereocenters. The Morgan fingerprint density at radius 1 is 1.33 bits per heavy atom. The van der Waals surface area contributed by atoms with Crippen LogP contribution in [-0.4, -0.2) is 37.9 Å². The molecule has 1 aromatic rings. The third-order valence-electron chi connectivity index (χ3n) is 3.22. The zero-order valence-electron chi connectivity index (χ0n) is 12.5. The van der Waals surface area contributed by atoms with Gasteiger partial charge < -0.3 is 10.1 Å². The van der Waals surface area contributed by atoms with E-state index < -0.39 is 15.7 Å². The van der Waals surface area contributed by atoms with Gasteiger partial charge in [0.15, 0.2) is 0 Å². The van der Waals surface area contributed by atoms with Gasteiger partial charge in [-0.15, -0.1) is 0 Å². The molecule has 2 N–H and O–H groups in total. The molecular weight excluding hydrogens is 314 g/mol. The van der Waals surface area contributed by atoms with Crippen LogP contribution in [0, 0.1) is 0 Å². The van der Waals surface area contributed by atoms with Crippen LogP contribution in [0.2, 0.25) is 5.02 Å². The fraction of sp³-hybridized carbons (Fsp3) is 0.571. The van der Waals surface area contributed by atoms with Crippen LogP contribution in [-0.2, 0) is 14.9 Å². The van der Waals surface area contributed by atoms with Gasteiger partial charge in [0.1, 0.15) is 0 Å². The van der Waals surface area contributed by atoms with E-state index in [2.05, 4.69) is 5.32 Å². The molecule has 0 aromatic heterocycles. The lowest BCUT2D eigenvalue weighted by molar-refractivity contribution is 0.0314. The highest BCUT2D eigenvalue weighted by molar-refractivity contribution is 7.85. The van der Waals surface area contributed by atoms with Crippen LogP contribution in [0.5, 0.6) is 0 Å². The summed E-state index contributed by atoms with van der Waals surface area (Å²) in [5.41, 5.74) is 0.580. The average molecular weight is 336 g/mol. The van der Waals surface area contributed by atoms with E-state index in [1.807, 2.05) is 26.0 Å². The zero-order chi connectivity index (χ0) is 16.1. The minimum atomic E-state index is -3.91. The summed E-state index contributed by atoms with van der Waals surface area (Å²) in [4.78, 5) is 0. The summed E-state index contributed by atoms with van der Waals surface area (Å²) in [6, 6.07) is 7.41. The summed E-state index contributed by atoms with van der Waals surface area (Å²) in [5, 5.41) is 3.92. The Hall–Kier alpha value is -0.660. The van der Waals surface area contributed by atoms with Crippen molar-refractivity contribution < 1.29 is 17.7 Å². The summed E-state index contributed by atoms with van der Waals surface area (Å²) >= 11 is 5.88. The van der Waals surface area contributed by atoms with Crippen molar-refractivity contribution in [1.29, 1.82) is 0 Å². The van der Waals surface area contributed by atoms with Gasteiger partial charge in [-0.25, -0.2) is 0 Å². The number of hydrogen-bond acceptors (Lipinski definition) is 4. The lowest BCUT2D eigenvalue weighted by atomic mass is 9.91. The van der Waals surface area contributed by atoms with Gasteiger partial charge in [0.2, 0.25) is 0 Å². The van der Waals surface area contributed by atoms with E-state index in [9.17, 15) is 8.42 Å². The SMILES string of the molecule is COC(c1ccc(Cl)cc1)C(C)(C)NCCCS(=O)(=O)O. The molecular formula is C14H22ClNO4S. The molecule has 21 heavy (non-hydrogen) atoms. The van der Waals surface area contributed by atoms with Crippen molar-refractivity contribution in [1.82, 2.24) is 5.32 Å². The first-order chi connectivity index (χ1) is 9.65.